The molecule has 16 heavy (non-hydrogen) atoms. The van der Waals surface area contributed by atoms with Gasteiger partial charge < -0.3 is 9.84 Å². The van der Waals surface area contributed by atoms with Gasteiger partial charge in [-0.25, -0.2) is 4.79 Å². The Bertz CT molecular complexity index is 427. The lowest BCUT2D eigenvalue weighted by Gasteiger charge is -2.09. The molecule has 0 radical (unpaired) electrons. The summed E-state index contributed by atoms with van der Waals surface area (Å²) >= 11 is 11.2. The number of carboxylic acid groups (broad SMARTS) is 1. The monoisotopic (exact) mass is 260 g/mol. The summed E-state index contributed by atoms with van der Waals surface area (Å²) in [5.74, 6) is -0.806. The van der Waals surface area contributed by atoms with Crippen molar-refractivity contribution in [2.45, 2.75) is 6.92 Å². The zero-order valence-corrected chi connectivity index (χ0v) is 10.0. The molecule has 0 aliphatic carbocycles. The maximum atomic E-state index is 10.9. The molecule has 0 amide bonds. The van der Waals surface area contributed by atoms with E-state index in [-0.39, 0.29) is 17.9 Å². The fourth-order valence-corrected chi connectivity index (χ4v) is 1.25. The summed E-state index contributed by atoms with van der Waals surface area (Å²) in [5.41, 5.74) is 2.22. The minimum absolute atomic E-state index is 0.0369. The van der Waals surface area contributed by atoms with Gasteiger partial charge in [-0.3, -0.25) is 0 Å². The molecule has 0 spiro atoms. The smallest absolute Gasteiger partial charge is 0.339 e. The van der Waals surface area contributed by atoms with Crippen molar-refractivity contribution in [1.82, 2.24) is 0 Å². The van der Waals surface area contributed by atoms with E-state index in [1.165, 1.54) is 17.7 Å². The Morgan fingerprint density at radius 2 is 2.25 bits per heavy atom. The van der Waals surface area contributed by atoms with Crippen molar-refractivity contribution >= 4 is 29.2 Å². The van der Waals surface area contributed by atoms with Gasteiger partial charge in [-0.1, -0.05) is 23.2 Å². The van der Waals surface area contributed by atoms with Crippen LogP contribution in [0.25, 0.3) is 0 Å². The molecule has 0 aliphatic rings. The first-order valence-electron chi connectivity index (χ1n) is 4.46. The molecule has 0 aliphatic heterocycles. The van der Waals surface area contributed by atoms with E-state index in [2.05, 4.69) is 0 Å². The number of halogens is 2. The third-order valence-electron chi connectivity index (χ3n) is 1.81. The van der Waals surface area contributed by atoms with Crippen LogP contribution in [-0.4, -0.2) is 17.7 Å². The van der Waals surface area contributed by atoms with Crippen molar-refractivity contribution in [3.05, 3.63) is 39.9 Å². The van der Waals surface area contributed by atoms with Crippen molar-refractivity contribution in [2.75, 3.05) is 6.61 Å². The number of hydrogen-bond acceptors (Lipinski definition) is 2. The third kappa shape index (κ3) is 3.43. The highest BCUT2D eigenvalue weighted by atomic mass is 35.5. The summed E-state index contributed by atoms with van der Waals surface area (Å²) in [5, 5.41) is 9.29. The molecule has 0 aromatic heterocycles. The Labute approximate surface area is 103 Å². The van der Waals surface area contributed by atoms with Crippen molar-refractivity contribution < 1.29 is 14.6 Å². The van der Waals surface area contributed by atoms with Crippen molar-refractivity contribution in [2.24, 2.45) is 0 Å². The molecule has 0 bridgehead atoms. The Hall–Kier alpha value is -1.19. The van der Waals surface area contributed by atoms with Crippen LogP contribution in [0.2, 0.25) is 5.02 Å². The second-order valence-corrected chi connectivity index (χ2v) is 3.84. The van der Waals surface area contributed by atoms with Crippen LogP contribution in [0.3, 0.4) is 0 Å². The van der Waals surface area contributed by atoms with Gasteiger partial charge in [0.05, 0.1) is 0 Å². The summed E-state index contributed by atoms with van der Waals surface area (Å²) in [7, 11) is 0. The zero-order valence-electron chi connectivity index (χ0n) is 8.54. The van der Waals surface area contributed by atoms with Crippen LogP contribution < -0.4 is 4.74 Å². The molecule has 1 rings (SSSR count). The summed E-state index contributed by atoms with van der Waals surface area (Å²) in [4.78, 5) is 10.9. The van der Waals surface area contributed by atoms with Crippen LogP contribution in [0.5, 0.6) is 5.75 Å². The lowest BCUT2D eigenvalue weighted by molar-refractivity contribution is 0.0692. The molecule has 1 aromatic rings. The lowest BCUT2D eigenvalue weighted by Crippen LogP contribution is -2.05. The van der Waals surface area contributed by atoms with Gasteiger partial charge in [-0.15, -0.1) is 0 Å². The predicted octanol–water partition coefficient (Wildman–Crippen LogP) is 3.56. The van der Waals surface area contributed by atoms with E-state index < -0.39 is 5.97 Å². The first-order chi connectivity index (χ1) is 7.54. The first kappa shape index (κ1) is 12.9. The average Bonchev–Trinajstić information content (AvgIpc) is 2.26. The highest BCUT2D eigenvalue weighted by molar-refractivity contribution is 6.31. The summed E-state index contributed by atoms with van der Waals surface area (Å²) in [6.07, 6.45) is 0. The fourth-order valence-electron chi connectivity index (χ4n) is 1.02. The van der Waals surface area contributed by atoms with Gasteiger partial charge in [0.15, 0.2) is 0 Å². The highest BCUT2D eigenvalue weighted by Crippen LogP contribution is 2.23. The standard InChI is InChI=1S/C11H10Cl2O3/c1-7(5-12)6-16-10-3-2-8(13)4-9(10)11(14)15/h2-5H,6H2,1H3,(H,14,15)/b7-5-. The van der Waals surface area contributed by atoms with Gasteiger partial charge in [-0.2, -0.15) is 0 Å². The summed E-state index contributed by atoms with van der Waals surface area (Å²) in [6, 6.07) is 4.44. The highest BCUT2D eigenvalue weighted by Gasteiger charge is 2.11. The molecule has 0 heterocycles. The maximum Gasteiger partial charge on any atom is 0.339 e. The van der Waals surface area contributed by atoms with Crippen LogP contribution in [0, 0.1) is 0 Å². The average molecular weight is 261 g/mol. The summed E-state index contributed by atoms with van der Waals surface area (Å²) in [6.45, 7) is 2.02. The van der Waals surface area contributed by atoms with Crippen molar-refractivity contribution in [3.8, 4) is 5.75 Å². The molecule has 1 N–H and O–H groups in total. The fraction of sp³-hybridized carbons (Fsp3) is 0.182. The van der Waals surface area contributed by atoms with Gasteiger partial charge in [0.1, 0.15) is 17.9 Å². The van der Waals surface area contributed by atoms with E-state index in [0.717, 1.165) is 5.57 Å². The number of ether oxygens (including phenoxy) is 1. The van der Waals surface area contributed by atoms with Gasteiger partial charge in [0.2, 0.25) is 0 Å². The van der Waals surface area contributed by atoms with Crippen LogP contribution in [0.1, 0.15) is 17.3 Å². The van der Waals surface area contributed by atoms with E-state index >= 15 is 0 Å². The predicted molar refractivity (Wildman–Crippen MR) is 63.5 cm³/mol. The second kappa shape index (κ2) is 5.77. The third-order valence-corrected chi connectivity index (χ3v) is 2.42. The van der Waals surface area contributed by atoms with Gasteiger partial charge in [0, 0.05) is 10.6 Å². The van der Waals surface area contributed by atoms with Crippen LogP contribution in [0.4, 0.5) is 0 Å². The Kier molecular flexibility index (Phi) is 4.65. The molecule has 0 fully saturated rings. The van der Waals surface area contributed by atoms with Gasteiger partial charge in [-0.05, 0) is 30.7 Å². The quantitative estimate of drug-likeness (QED) is 0.901. The van der Waals surface area contributed by atoms with E-state index in [4.69, 9.17) is 33.0 Å². The Morgan fingerprint density at radius 1 is 1.56 bits per heavy atom. The SMILES string of the molecule is C/C(=C/Cl)COc1ccc(Cl)cc1C(=O)O. The molecule has 0 saturated carbocycles. The van der Waals surface area contributed by atoms with E-state index in [0.29, 0.717) is 5.02 Å². The van der Waals surface area contributed by atoms with Crippen molar-refractivity contribution in [1.29, 1.82) is 0 Å². The van der Waals surface area contributed by atoms with E-state index in [1.54, 1.807) is 13.0 Å². The summed E-state index contributed by atoms with van der Waals surface area (Å²) < 4.78 is 5.31. The van der Waals surface area contributed by atoms with E-state index in [9.17, 15) is 4.79 Å². The number of carbonyl (C=O) groups is 1. The molecule has 0 saturated heterocycles. The largest absolute Gasteiger partial charge is 0.488 e. The topological polar surface area (TPSA) is 46.5 Å². The van der Waals surface area contributed by atoms with Crippen molar-refractivity contribution in [3.63, 3.8) is 0 Å². The Morgan fingerprint density at radius 3 is 2.81 bits per heavy atom. The van der Waals surface area contributed by atoms with Gasteiger partial charge in [0.25, 0.3) is 0 Å². The molecular formula is C11H10Cl2O3. The van der Waals surface area contributed by atoms with Crippen LogP contribution in [-0.2, 0) is 0 Å². The molecular weight excluding hydrogens is 251 g/mol. The molecule has 1 aromatic carbocycles. The minimum atomic E-state index is -1.08. The number of rotatable bonds is 4. The van der Waals surface area contributed by atoms with Gasteiger partial charge >= 0.3 is 5.97 Å². The number of aromatic carboxylic acids is 1. The minimum Gasteiger partial charge on any atom is -0.488 e. The lowest BCUT2D eigenvalue weighted by atomic mass is 10.2. The normalized spacial score (nSPS) is 11.3. The number of carboxylic acids is 1. The first-order valence-corrected chi connectivity index (χ1v) is 5.27. The Balaban J connectivity index is 2.91. The second-order valence-electron chi connectivity index (χ2n) is 3.19. The zero-order chi connectivity index (χ0) is 12.1. The molecule has 3 nitrogen and oxygen atoms in total. The molecule has 5 heteroatoms. The number of benzene rings is 1. The molecule has 86 valence electrons. The molecule has 0 atom stereocenters. The van der Waals surface area contributed by atoms with Crippen LogP contribution in [0.15, 0.2) is 29.3 Å². The maximum absolute atomic E-state index is 10.9. The molecule has 0 unspecified atom stereocenters. The number of hydrogen-bond donors (Lipinski definition) is 1. The van der Waals surface area contributed by atoms with Crippen LogP contribution >= 0.6 is 23.2 Å². The van der Waals surface area contributed by atoms with E-state index in [1.807, 2.05) is 0 Å².